The van der Waals surface area contributed by atoms with Gasteiger partial charge < -0.3 is 5.32 Å². The molecule has 6 heteroatoms. The van der Waals surface area contributed by atoms with Crippen LogP contribution in [0.4, 0.5) is 0 Å². The molecule has 1 aliphatic carbocycles. The van der Waals surface area contributed by atoms with E-state index in [-0.39, 0.29) is 11.2 Å². The van der Waals surface area contributed by atoms with E-state index in [4.69, 9.17) is 0 Å². The van der Waals surface area contributed by atoms with Crippen molar-refractivity contribution in [3.63, 3.8) is 0 Å². The van der Waals surface area contributed by atoms with E-state index < -0.39 is 0 Å². The van der Waals surface area contributed by atoms with Gasteiger partial charge in [-0.2, -0.15) is 0 Å². The summed E-state index contributed by atoms with van der Waals surface area (Å²) in [7, 11) is 0. The van der Waals surface area contributed by atoms with E-state index in [1.807, 2.05) is 37.3 Å². The van der Waals surface area contributed by atoms with Crippen molar-refractivity contribution in [2.45, 2.75) is 49.4 Å². The molecule has 0 saturated heterocycles. The van der Waals surface area contributed by atoms with E-state index in [9.17, 15) is 4.79 Å². The maximum Gasteiger partial charge on any atom is 0.233 e. The Bertz CT molecular complexity index is 923. The lowest BCUT2D eigenvalue weighted by Gasteiger charge is -2.14. The van der Waals surface area contributed by atoms with Crippen molar-refractivity contribution in [2.75, 3.05) is 0 Å². The number of amides is 1. The largest absolute Gasteiger partial charge is 0.351 e. The average Bonchev–Trinajstić information content (AvgIpc) is 3.06. The minimum atomic E-state index is -0.198. The maximum atomic E-state index is 12.5. The zero-order valence-corrected chi connectivity index (χ0v) is 16.3. The molecule has 2 heterocycles. The van der Waals surface area contributed by atoms with E-state index >= 15 is 0 Å². The minimum absolute atomic E-state index is 0.0368. The fourth-order valence-corrected chi connectivity index (χ4v) is 5.56. The van der Waals surface area contributed by atoms with Gasteiger partial charge in [0.05, 0.1) is 5.25 Å². The Morgan fingerprint density at radius 1 is 1.23 bits per heavy atom. The molecule has 134 valence electrons. The molecular weight excluding hydrogens is 362 g/mol. The lowest BCUT2D eigenvalue weighted by Crippen LogP contribution is -2.30. The van der Waals surface area contributed by atoms with Crippen LogP contribution in [0.1, 0.15) is 35.8 Å². The van der Waals surface area contributed by atoms with Crippen LogP contribution in [0.5, 0.6) is 0 Å². The van der Waals surface area contributed by atoms with E-state index in [1.165, 1.54) is 40.4 Å². The van der Waals surface area contributed by atoms with Crippen LogP contribution in [0.15, 0.2) is 41.7 Å². The predicted octanol–water partition coefficient (Wildman–Crippen LogP) is 4.37. The Morgan fingerprint density at radius 3 is 2.88 bits per heavy atom. The first-order valence-electron chi connectivity index (χ1n) is 8.96. The fourth-order valence-electron chi connectivity index (χ4n) is 3.30. The standard InChI is InChI=1S/C20H21N3OS2/c1-13(18(24)21-11-14-7-3-2-4-8-14)25-19-17-15-9-5-6-10-16(15)26-20(17)23-12-22-19/h2-4,7-8,12-13H,5-6,9-11H2,1H3,(H,21,24)/t13-/m1/s1. The fraction of sp³-hybridized carbons (Fsp3) is 0.350. The topological polar surface area (TPSA) is 54.9 Å². The number of thiophene rings is 1. The third kappa shape index (κ3) is 3.62. The van der Waals surface area contributed by atoms with Crippen molar-refractivity contribution in [3.8, 4) is 0 Å². The van der Waals surface area contributed by atoms with Gasteiger partial charge in [0.2, 0.25) is 5.91 Å². The zero-order chi connectivity index (χ0) is 17.9. The van der Waals surface area contributed by atoms with E-state index in [2.05, 4.69) is 15.3 Å². The maximum absolute atomic E-state index is 12.5. The Morgan fingerprint density at radius 2 is 2.04 bits per heavy atom. The summed E-state index contributed by atoms with van der Waals surface area (Å²) in [4.78, 5) is 24.0. The van der Waals surface area contributed by atoms with Crippen LogP contribution < -0.4 is 5.32 Å². The normalized spacial score (nSPS) is 14.8. The number of nitrogens with zero attached hydrogens (tertiary/aromatic N) is 2. The Balaban J connectivity index is 1.49. The Hall–Kier alpha value is -1.92. The summed E-state index contributed by atoms with van der Waals surface area (Å²) in [5, 5.41) is 4.95. The Labute approximate surface area is 161 Å². The van der Waals surface area contributed by atoms with Gasteiger partial charge in [0.25, 0.3) is 0 Å². The van der Waals surface area contributed by atoms with Crippen molar-refractivity contribution in [1.29, 1.82) is 0 Å². The molecule has 0 fully saturated rings. The van der Waals surface area contributed by atoms with Gasteiger partial charge in [0.15, 0.2) is 0 Å². The number of carbonyl (C=O) groups is 1. The van der Waals surface area contributed by atoms with Gasteiger partial charge >= 0.3 is 0 Å². The molecule has 0 spiro atoms. The predicted molar refractivity (Wildman–Crippen MR) is 108 cm³/mol. The number of thioether (sulfide) groups is 1. The molecule has 0 bridgehead atoms. The highest BCUT2D eigenvalue weighted by Crippen LogP contribution is 2.40. The number of hydrogen-bond donors (Lipinski definition) is 1. The number of aromatic nitrogens is 2. The second-order valence-corrected chi connectivity index (χ2v) is 8.95. The number of hydrogen-bond acceptors (Lipinski definition) is 5. The van der Waals surface area contributed by atoms with E-state index in [1.54, 1.807) is 17.7 Å². The molecular formula is C20H21N3OS2. The number of rotatable bonds is 5. The molecule has 26 heavy (non-hydrogen) atoms. The third-order valence-corrected chi connectivity index (χ3v) is 6.98. The lowest BCUT2D eigenvalue weighted by molar-refractivity contribution is -0.120. The number of carbonyl (C=O) groups excluding carboxylic acids is 1. The SMILES string of the molecule is C[C@@H](Sc1ncnc2sc3c(c12)CCCC3)C(=O)NCc1ccccc1. The van der Waals surface area contributed by atoms with Gasteiger partial charge in [-0.1, -0.05) is 42.1 Å². The van der Waals surface area contributed by atoms with Gasteiger partial charge in [-0.05, 0) is 43.7 Å². The molecule has 0 unspecified atom stereocenters. The second-order valence-electron chi connectivity index (χ2n) is 6.53. The summed E-state index contributed by atoms with van der Waals surface area (Å²) in [6.07, 6.45) is 6.36. The molecule has 1 aromatic carbocycles. The molecule has 2 aromatic heterocycles. The highest BCUT2D eigenvalue weighted by molar-refractivity contribution is 8.00. The molecule has 1 aliphatic rings. The van der Waals surface area contributed by atoms with Crippen molar-refractivity contribution in [2.24, 2.45) is 0 Å². The van der Waals surface area contributed by atoms with E-state index in [0.717, 1.165) is 28.3 Å². The molecule has 4 rings (SSSR count). The summed E-state index contributed by atoms with van der Waals surface area (Å²) in [6.45, 7) is 2.50. The summed E-state index contributed by atoms with van der Waals surface area (Å²) in [6, 6.07) is 9.98. The molecule has 1 amide bonds. The minimum Gasteiger partial charge on any atom is -0.351 e. The smallest absolute Gasteiger partial charge is 0.233 e. The monoisotopic (exact) mass is 383 g/mol. The van der Waals surface area contributed by atoms with Crippen LogP contribution >= 0.6 is 23.1 Å². The van der Waals surface area contributed by atoms with Crippen molar-refractivity contribution >= 4 is 39.2 Å². The van der Waals surface area contributed by atoms with Crippen LogP contribution in [0.25, 0.3) is 10.2 Å². The van der Waals surface area contributed by atoms with Crippen LogP contribution in [-0.4, -0.2) is 21.1 Å². The quantitative estimate of drug-likeness (QED) is 0.525. The summed E-state index contributed by atoms with van der Waals surface area (Å²) in [5.41, 5.74) is 2.52. The average molecular weight is 384 g/mol. The van der Waals surface area contributed by atoms with Gasteiger partial charge in [-0.3, -0.25) is 4.79 Å². The number of aryl methyl sites for hydroxylation is 2. The molecule has 1 atom stereocenters. The van der Waals surface area contributed by atoms with Crippen LogP contribution in [0, 0.1) is 0 Å². The number of benzene rings is 1. The summed E-state index contributed by atoms with van der Waals surface area (Å²) >= 11 is 3.33. The van der Waals surface area contributed by atoms with Crippen LogP contribution in [0.3, 0.4) is 0 Å². The van der Waals surface area contributed by atoms with Crippen molar-refractivity contribution < 1.29 is 4.79 Å². The molecule has 1 N–H and O–H groups in total. The highest BCUT2D eigenvalue weighted by atomic mass is 32.2. The molecule has 0 saturated carbocycles. The molecule has 0 radical (unpaired) electrons. The first-order chi connectivity index (χ1) is 12.7. The van der Waals surface area contributed by atoms with Gasteiger partial charge in [0, 0.05) is 16.8 Å². The molecule has 4 nitrogen and oxygen atoms in total. The third-order valence-electron chi connectivity index (χ3n) is 4.68. The van der Waals surface area contributed by atoms with Crippen molar-refractivity contribution in [1.82, 2.24) is 15.3 Å². The van der Waals surface area contributed by atoms with Gasteiger partial charge in [-0.15, -0.1) is 11.3 Å². The second kappa shape index (κ2) is 7.76. The van der Waals surface area contributed by atoms with Gasteiger partial charge in [0.1, 0.15) is 16.2 Å². The number of nitrogens with one attached hydrogen (secondary N) is 1. The van der Waals surface area contributed by atoms with E-state index in [0.29, 0.717) is 6.54 Å². The summed E-state index contributed by atoms with van der Waals surface area (Å²) in [5.74, 6) is 0.0368. The lowest BCUT2D eigenvalue weighted by atomic mass is 9.97. The van der Waals surface area contributed by atoms with Crippen LogP contribution in [0.2, 0.25) is 0 Å². The number of fused-ring (bicyclic) bond motifs is 3. The van der Waals surface area contributed by atoms with Crippen LogP contribution in [-0.2, 0) is 24.2 Å². The molecule has 0 aliphatic heterocycles. The Kier molecular flexibility index (Phi) is 5.22. The first-order valence-corrected chi connectivity index (χ1v) is 10.7. The summed E-state index contributed by atoms with van der Waals surface area (Å²) < 4.78 is 0. The van der Waals surface area contributed by atoms with Crippen molar-refractivity contribution in [3.05, 3.63) is 52.7 Å². The zero-order valence-electron chi connectivity index (χ0n) is 14.7. The van der Waals surface area contributed by atoms with Gasteiger partial charge in [-0.25, -0.2) is 9.97 Å². The highest BCUT2D eigenvalue weighted by Gasteiger charge is 2.22. The first kappa shape index (κ1) is 17.5. The molecule has 3 aromatic rings.